The van der Waals surface area contributed by atoms with E-state index in [4.69, 9.17) is 0 Å². The predicted octanol–water partition coefficient (Wildman–Crippen LogP) is -1.08. The first-order valence-electron chi connectivity index (χ1n) is 9.31. The van der Waals surface area contributed by atoms with E-state index in [1.54, 1.807) is 0 Å². The quantitative estimate of drug-likeness (QED) is 0.352. The average Bonchev–Trinajstić information content (AvgIpc) is 2.60. The van der Waals surface area contributed by atoms with E-state index in [-0.39, 0.29) is 24.8 Å². The van der Waals surface area contributed by atoms with Crippen LogP contribution in [0.4, 0.5) is 11.4 Å². The van der Waals surface area contributed by atoms with Crippen LogP contribution in [0.1, 0.15) is 0 Å². The summed E-state index contributed by atoms with van der Waals surface area (Å²) in [5.74, 6) is 0. The minimum Gasteiger partial charge on any atom is -1.00 e. The van der Waals surface area contributed by atoms with Gasteiger partial charge in [-0.15, -0.1) is 9.24 Å². The Morgan fingerprint density at radius 2 is 0.966 bits per heavy atom. The van der Waals surface area contributed by atoms with Crippen molar-refractivity contribution in [3.05, 3.63) is 66.7 Å². The Labute approximate surface area is 190 Å². The van der Waals surface area contributed by atoms with E-state index < -0.39 is 0 Å². The number of halogens is 2. The zero-order valence-electron chi connectivity index (χ0n) is 18.1. The van der Waals surface area contributed by atoms with Crippen molar-refractivity contribution >= 4 is 25.9 Å². The second kappa shape index (κ2) is 9.60. The first kappa shape index (κ1) is 25.6. The lowest BCUT2D eigenvalue weighted by molar-refractivity contribution is -0.00100. The topological polar surface area (TPSA) is 0 Å². The Hall–Kier alpha value is -1.41. The summed E-state index contributed by atoms with van der Waals surface area (Å²) in [7, 11) is 16.1. The first-order chi connectivity index (χ1) is 12.6. The fraction of sp³-hybridized carbons (Fsp3) is 0.250. The van der Waals surface area contributed by atoms with E-state index >= 15 is 0 Å². The van der Waals surface area contributed by atoms with Gasteiger partial charge in [0.25, 0.3) is 0 Å². The van der Waals surface area contributed by atoms with Crippen LogP contribution in [0.5, 0.6) is 0 Å². The van der Waals surface area contributed by atoms with Gasteiger partial charge in [0, 0.05) is 0 Å². The van der Waals surface area contributed by atoms with Gasteiger partial charge in [-0.3, -0.25) is 8.97 Å². The minimum absolute atomic E-state index is 0. The van der Waals surface area contributed by atoms with Crippen molar-refractivity contribution in [2.75, 3.05) is 42.3 Å². The summed E-state index contributed by atoms with van der Waals surface area (Å²) >= 11 is 0. The molecule has 0 radical (unpaired) electrons. The average molecular weight is 449 g/mol. The van der Waals surface area contributed by atoms with Crippen LogP contribution in [-0.2, 0) is 0 Å². The molecule has 0 heterocycles. The smallest absolute Gasteiger partial charge is 0.132 e. The molecule has 3 rings (SSSR count). The first-order valence-corrected chi connectivity index (χ1v) is 9.88. The number of hydrogen-bond donors (Lipinski definition) is 0. The normalized spacial score (nSPS) is 11.4. The molecule has 0 aliphatic carbocycles. The molecule has 0 aromatic heterocycles. The minimum atomic E-state index is 0. The Kier molecular flexibility index (Phi) is 8.48. The summed E-state index contributed by atoms with van der Waals surface area (Å²) in [6.07, 6.45) is 0. The SMILES string of the molecule is C[N+](C)(C)c1ccc(-c2cccc(P)c2-c2ccc([N+](C)(C)C)cc2)cc1.[Cl-].[Cl-]. The number of hydrogen-bond acceptors (Lipinski definition) is 0. The standard InChI is InChI=1S/C24H31N2P.2ClH/c1-25(2,3)20-14-10-18(11-15-20)22-8-7-9-23(27)24(22)19-12-16-21(17-13-19)26(4,5)6;;/h7-17H,27H2,1-6H3;2*1H/q+2;;/p-2. The molecule has 0 fully saturated rings. The van der Waals surface area contributed by atoms with Crippen molar-refractivity contribution in [3.63, 3.8) is 0 Å². The monoisotopic (exact) mass is 448 g/mol. The van der Waals surface area contributed by atoms with Crippen LogP contribution < -0.4 is 39.1 Å². The summed E-state index contributed by atoms with van der Waals surface area (Å²) in [4.78, 5) is 0. The number of rotatable bonds is 4. The van der Waals surface area contributed by atoms with Crippen molar-refractivity contribution in [2.45, 2.75) is 0 Å². The van der Waals surface area contributed by atoms with Crippen LogP contribution in [0.3, 0.4) is 0 Å². The summed E-state index contributed by atoms with van der Waals surface area (Å²) in [5.41, 5.74) is 7.66. The Morgan fingerprint density at radius 1 is 0.552 bits per heavy atom. The Bertz CT molecular complexity index is 939. The molecule has 0 spiro atoms. The van der Waals surface area contributed by atoms with E-state index in [2.05, 4.69) is 118 Å². The molecule has 1 atom stereocenters. The Balaban J connectivity index is 0.00000210. The lowest BCUT2D eigenvalue weighted by Gasteiger charge is -2.24. The summed E-state index contributed by atoms with van der Waals surface area (Å²) in [5, 5.41) is 1.22. The van der Waals surface area contributed by atoms with Gasteiger partial charge < -0.3 is 24.8 Å². The molecule has 0 amide bonds. The lowest BCUT2D eigenvalue weighted by atomic mass is 9.94. The number of benzene rings is 3. The summed E-state index contributed by atoms with van der Waals surface area (Å²) in [6, 6.07) is 24.4. The highest BCUT2D eigenvalue weighted by Gasteiger charge is 2.16. The van der Waals surface area contributed by atoms with Gasteiger partial charge in [0.15, 0.2) is 0 Å². The van der Waals surface area contributed by atoms with E-state index in [1.807, 2.05) is 0 Å². The Morgan fingerprint density at radius 3 is 1.38 bits per heavy atom. The molecular formula is C24H31Cl2N2P. The molecule has 3 aromatic carbocycles. The third kappa shape index (κ3) is 5.81. The van der Waals surface area contributed by atoms with Crippen LogP contribution in [0.15, 0.2) is 66.7 Å². The van der Waals surface area contributed by atoms with Crippen LogP contribution in [0, 0.1) is 0 Å². The van der Waals surface area contributed by atoms with Crippen molar-refractivity contribution in [1.82, 2.24) is 8.97 Å². The molecule has 156 valence electrons. The molecule has 0 aliphatic heterocycles. The number of quaternary nitrogens is 2. The maximum Gasteiger partial charge on any atom is 0.132 e. The molecule has 3 aromatic rings. The predicted molar refractivity (Wildman–Crippen MR) is 126 cm³/mol. The van der Waals surface area contributed by atoms with Crippen LogP contribution >= 0.6 is 9.24 Å². The van der Waals surface area contributed by atoms with Crippen molar-refractivity contribution in [1.29, 1.82) is 0 Å². The molecule has 0 N–H and O–H groups in total. The summed E-state index contributed by atoms with van der Waals surface area (Å²) in [6.45, 7) is 0. The molecule has 5 heteroatoms. The van der Waals surface area contributed by atoms with E-state index in [1.165, 1.54) is 38.9 Å². The number of nitrogens with zero attached hydrogens (tertiary/aromatic N) is 2. The van der Waals surface area contributed by atoms with Gasteiger partial charge in [-0.1, -0.05) is 18.2 Å². The fourth-order valence-corrected chi connectivity index (χ4v) is 3.73. The van der Waals surface area contributed by atoms with Gasteiger partial charge in [0.1, 0.15) is 11.4 Å². The van der Waals surface area contributed by atoms with Crippen LogP contribution in [0.25, 0.3) is 22.3 Å². The third-order valence-corrected chi connectivity index (χ3v) is 5.46. The fourth-order valence-electron chi connectivity index (χ4n) is 3.30. The van der Waals surface area contributed by atoms with E-state index in [0.717, 1.165) is 8.97 Å². The maximum atomic E-state index is 2.90. The lowest BCUT2D eigenvalue weighted by Crippen LogP contribution is -3.00. The maximum absolute atomic E-state index is 2.90. The molecule has 0 bridgehead atoms. The summed E-state index contributed by atoms with van der Waals surface area (Å²) < 4.78 is 1.64. The van der Waals surface area contributed by atoms with E-state index in [9.17, 15) is 0 Å². The molecule has 0 aliphatic rings. The molecular weight excluding hydrogens is 418 g/mol. The van der Waals surface area contributed by atoms with Crippen LogP contribution in [-0.4, -0.2) is 42.3 Å². The molecule has 0 saturated carbocycles. The highest BCUT2D eigenvalue weighted by molar-refractivity contribution is 7.28. The van der Waals surface area contributed by atoms with Gasteiger partial charge in [0.05, 0.1) is 42.3 Å². The van der Waals surface area contributed by atoms with Gasteiger partial charge in [0.2, 0.25) is 0 Å². The second-order valence-electron chi connectivity index (χ2n) is 8.89. The van der Waals surface area contributed by atoms with E-state index in [0.29, 0.717) is 0 Å². The zero-order chi connectivity index (χ0) is 19.8. The van der Waals surface area contributed by atoms with Crippen molar-refractivity contribution < 1.29 is 24.8 Å². The highest BCUT2D eigenvalue weighted by Crippen LogP contribution is 2.34. The molecule has 1 unspecified atom stereocenters. The van der Waals surface area contributed by atoms with Gasteiger partial charge >= 0.3 is 0 Å². The largest absolute Gasteiger partial charge is 1.00 e. The molecule has 29 heavy (non-hydrogen) atoms. The van der Waals surface area contributed by atoms with Gasteiger partial charge in [-0.05, 0) is 76.1 Å². The third-order valence-electron chi connectivity index (χ3n) is 4.98. The highest BCUT2D eigenvalue weighted by atomic mass is 35.5. The molecule has 0 saturated heterocycles. The van der Waals surface area contributed by atoms with Crippen LogP contribution in [0.2, 0.25) is 0 Å². The van der Waals surface area contributed by atoms with Crippen molar-refractivity contribution in [2.24, 2.45) is 0 Å². The zero-order valence-corrected chi connectivity index (χ0v) is 20.7. The second-order valence-corrected chi connectivity index (χ2v) is 9.51. The van der Waals surface area contributed by atoms with Gasteiger partial charge in [-0.25, -0.2) is 0 Å². The van der Waals surface area contributed by atoms with Gasteiger partial charge in [-0.2, -0.15) is 0 Å². The van der Waals surface area contributed by atoms with Crippen molar-refractivity contribution in [3.8, 4) is 22.3 Å². The molecule has 2 nitrogen and oxygen atoms in total.